The van der Waals surface area contributed by atoms with Crippen LogP contribution in [0.3, 0.4) is 0 Å². The van der Waals surface area contributed by atoms with E-state index >= 15 is 0 Å². The standard InChI is InChI=1S/C14H18N4O2/c15-13-9-11(3-4-12(13)14(19)20)17-5-1-2-7-18-8-6-16-10-18/h3-4,6,8-10,17H,1-2,5,7,15H2,(H,19,20). The van der Waals surface area contributed by atoms with E-state index in [1.165, 1.54) is 6.07 Å². The molecule has 2 rings (SSSR count). The first kappa shape index (κ1) is 13.9. The van der Waals surface area contributed by atoms with Gasteiger partial charge in [0.05, 0.1) is 11.9 Å². The Kier molecular flexibility index (Phi) is 4.60. The summed E-state index contributed by atoms with van der Waals surface area (Å²) < 4.78 is 2.04. The van der Waals surface area contributed by atoms with E-state index in [1.807, 2.05) is 10.8 Å². The number of hydrogen-bond donors (Lipinski definition) is 3. The van der Waals surface area contributed by atoms with Gasteiger partial charge in [0.1, 0.15) is 0 Å². The van der Waals surface area contributed by atoms with E-state index in [4.69, 9.17) is 10.8 Å². The van der Waals surface area contributed by atoms with Gasteiger partial charge < -0.3 is 20.7 Å². The van der Waals surface area contributed by atoms with Gasteiger partial charge in [0, 0.05) is 36.9 Å². The minimum Gasteiger partial charge on any atom is -0.478 e. The Morgan fingerprint density at radius 3 is 2.90 bits per heavy atom. The van der Waals surface area contributed by atoms with E-state index in [0.29, 0.717) is 0 Å². The normalized spacial score (nSPS) is 10.4. The third-order valence-corrected chi connectivity index (χ3v) is 3.01. The predicted molar refractivity (Wildman–Crippen MR) is 77.8 cm³/mol. The lowest BCUT2D eigenvalue weighted by atomic mass is 10.1. The second-order valence-electron chi connectivity index (χ2n) is 4.54. The van der Waals surface area contributed by atoms with Crippen molar-refractivity contribution in [2.24, 2.45) is 0 Å². The van der Waals surface area contributed by atoms with Crippen LogP contribution in [0, 0.1) is 0 Å². The van der Waals surface area contributed by atoms with Crippen LogP contribution in [0.5, 0.6) is 0 Å². The van der Waals surface area contributed by atoms with Crippen molar-refractivity contribution < 1.29 is 9.90 Å². The van der Waals surface area contributed by atoms with E-state index in [-0.39, 0.29) is 11.3 Å². The van der Waals surface area contributed by atoms with Crippen molar-refractivity contribution >= 4 is 17.3 Å². The molecule has 0 saturated heterocycles. The molecule has 0 spiro atoms. The van der Waals surface area contributed by atoms with E-state index < -0.39 is 5.97 Å². The quantitative estimate of drug-likeness (QED) is 0.531. The Hall–Kier alpha value is -2.50. The molecular formula is C14H18N4O2. The summed E-state index contributed by atoms with van der Waals surface area (Å²) in [6, 6.07) is 4.90. The molecular weight excluding hydrogens is 256 g/mol. The highest BCUT2D eigenvalue weighted by Gasteiger charge is 2.07. The van der Waals surface area contributed by atoms with Gasteiger partial charge in [-0.05, 0) is 31.0 Å². The number of anilines is 2. The van der Waals surface area contributed by atoms with Gasteiger partial charge in [-0.2, -0.15) is 0 Å². The molecule has 0 fully saturated rings. The van der Waals surface area contributed by atoms with E-state index in [9.17, 15) is 4.79 Å². The molecule has 0 radical (unpaired) electrons. The van der Waals surface area contributed by atoms with Crippen molar-refractivity contribution in [1.82, 2.24) is 9.55 Å². The number of carboxylic acid groups (broad SMARTS) is 1. The van der Waals surface area contributed by atoms with Crippen molar-refractivity contribution in [2.45, 2.75) is 19.4 Å². The Morgan fingerprint density at radius 1 is 1.40 bits per heavy atom. The lowest BCUT2D eigenvalue weighted by molar-refractivity contribution is 0.0698. The van der Waals surface area contributed by atoms with Crippen molar-refractivity contribution in [1.29, 1.82) is 0 Å². The summed E-state index contributed by atoms with van der Waals surface area (Å²) in [5.74, 6) is -1.01. The number of hydrogen-bond acceptors (Lipinski definition) is 4. The van der Waals surface area contributed by atoms with Gasteiger partial charge in [0.2, 0.25) is 0 Å². The zero-order valence-electron chi connectivity index (χ0n) is 11.1. The van der Waals surface area contributed by atoms with Crippen LogP contribution < -0.4 is 11.1 Å². The SMILES string of the molecule is Nc1cc(NCCCCn2ccnc2)ccc1C(=O)O. The zero-order valence-corrected chi connectivity index (χ0v) is 11.1. The number of aryl methyl sites for hydroxylation is 1. The number of aromatic nitrogens is 2. The van der Waals surface area contributed by atoms with E-state index in [2.05, 4.69) is 10.3 Å². The molecule has 0 aliphatic carbocycles. The highest BCUT2D eigenvalue weighted by atomic mass is 16.4. The number of carboxylic acids is 1. The number of rotatable bonds is 7. The van der Waals surface area contributed by atoms with Crippen LogP contribution in [-0.2, 0) is 6.54 Å². The molecule has 0 atom stereocenters. The molecule has 6 nitrogen and oxygen atoms in total. The van der Waals surface area contributed by atoms with Crippen LogP contribution in [0.1, 0.15) is 23.2 Å². The summed E-state index contributed by atoms with van der Waals surface area (Å²) >= 11 is 0. The number of aromatic carboxylic acids is 1. The monoisotopic (exact) mass is 274 g/mol. The maximum Gasteiger partial charge on any atom is 0.337 e. The van der Waals surface area contributed by atoms with Gasteiger partial charge in [-0.25, -0.2) is 9.78 Å². The van der Waals surface area contributed by atoms with Crippen molar-refractivity contribution in [3.63, 3.8) is 0 Å². The summed E-state index contributed by atoms with van der Waals surface area (Å²) in [5.41, 5.74) is 6.94. The zero-order chi connectivity index (χ0) is 14.4. The molecule has 0 aliphatic rings. The summed E-state index contributed by atoms with van der Waals surface area (Å²) in [6.07, 6.45) is 7.58. The molecule has 1 aromatic carbocycles. The number of nitrogens with one attached hydrogen (secondary N) is 1. The third-order valence-electron chi connectivity index (χ3n) is 3.01. The first-order chi connectivity index (χ1) is 9.66. The first-order valence-corrected chi connectivity index (χ1v) is 6.49. The molecule has 6 heteroatoms. The van der Waals surface area contributed by atoms with Gasteiger partial charge in [0.15, 0.2) is 0 Å². The third kappa shape index (κ3) is 3.74. The molecule has 0 unspecified atom stereocenters. The predicted octanol–water partition coefficient (Wildman–Crippen LogP) is 2.06. The van der Waals surface area contributed by atoms with Gasteiger partial charge in [-0.15, -0.1) is 0 Å². The van der Waals surface area contributed by atoms with Crippen LogP contribution in [0.4, 0.5) is 11.4 Å². The largest absolute Gasteiger partial charge is 0.478 e. The lowest BCUT2D eigenvalue weighted by Crippen LogP contribution is -2.06. The van der Waals surface area contributed by atoms with E-state index in [0.717, 1.165) is 31.6 Å². The van der Waals surface area contributed by atoms with Gasteiger partial charge >= 0.3 is 5.97 Å². The maximum absolute atomic E-state index is 10.8. The summed E-state index contributed by atoms with van der Waals surface area (Å²) in [6.45, 7) is 1.77. The number of imidazole rings is 1. The first-order valence-electron chi connectivity index (χ1n) is 6.49. The number of benzene rings is 1. The Balaban J connectivity index is 1.74. The molecule has 0 aliphatic heterocycles. The Labute approximate surface area is 117 Å². The van der Waals surface area contributed by atoms with Crippen LogP contribution in [0.2, 0.25) is 0 Å². The fraction of sp³-hybridized carbons (Fsp3) is 0.286. The fourth-order valence-corrected chi connectivity index (χ4v) is 1.94. The number of carbonyl (C=O) groups is 1. The molecule has 1 heterocycles. The Bertz CT molecular complexity index is 567. The second kappa shape index (κ2) is 6.60. The molecule has 0 saturated carbocycles. The highest BCUT2D eigenvalue weighted by molar-refractivity contribution is 5.94. The van der Waals surface area contributed by atoms with Crippen LogP contribution in [0.15, 0.2) is 36.9 Å². The van der Waals surface area contributed by atoms with Gasteiger partial charge in [-0.1, -0.05) is 0 Å². The maximum atomic E-state index is 10.8. The van der Waals surface area contributed by atoms with Crippen LogP contribution in [-0.4, -0.2) is 27.2 Å². The molecule has 106 valence electrons. The van der Waals surface area contributed by atoms with Crippen LogP contribution in [0.25, 0.3) is 0 Å². The molecule has 4 N–H and O–H groups in total. The number of unbranched alkanes of at least 4 members (excludes halogenated alkanes) is 1. The molecule has 2 aromatic rings. The minimum absolute atomic E-state index is 0.135. The number of nitrogens with two attached hydrogens (primary N) is 1. The second-order valence-corrected chi connectivity index (χ2v) is 4.54. The van der Waals surface area contributed by atoms with E-state index in [1.54, 1.807) is 24.7 Å². The average Bonchev–Trinajstić information content (AvgIpc) is 2.91. The minimum atomic E-state index is -1.01. The molecule has 0 amide bonds. The van der Waals surface area contributed by atoms with Crippen molar-refractivity contribution in [3.05, 3.63) is 42.5 Å². The molecule has 1 aromatic heterocycles. The lowest BCUT2D eigenvalue weighted by Gasteiger charge is -2.08. The number of nitrogen functional groups attached to an aromatic ring is 1. The fourth-order valence-electron chi connectivity index (χ4n) is 1.94. The molecule has 0 bridgehead atoms. The topological polar surface area (TPSA) is 93.2 Å². The summed E-state index contributed by atoms with van der Waals surface area (Å²) in [5, 5.41) is 12.1. The van der Waals surface area contributed by atoms with Crippen molar-refractivity contribution in [3.8, 4) is 0 Å². The molecule has 20 heavy (non-hydrogen) atoms. The Morgan fingerprint density at radius 2 is 2.25 bits per heavy atom. The van der Waals surface area contributed by atoms with Crippen molar-refractivity contribution in [2.75, 3.05) is 17.6 Å². The highest BCUT2D eigenvalue weighted by Crippen LogP contribution is 2.18. The van der Waals surface area contributed by atoms with Gasteiger partial charge in [-0.3, -0.25) is 0 Å². The number of nitrogens with zero attached hydrogens (tertiary/aromatic N) is 2. The summed E-state index contributed by atoms with van der Waals surface area (Å²) in [7, 11) is 0. The van der Waals surface area contributed by atoms with Crippen LogP contribution >= 0.6 is 0 Å². The van der Waals surface area contributed by atoms with Gasteiger partial charge in [0.25, 0.3) is 0 Å². The average molecular weight is 274 g/mol. The summed E-state index contributed by atoms with van der Waals surface area (Å²) in [4.78, 5) is 14.8. The smallest absolute Gasteiger partial charge is 0.337 e.